The minimum Gasteiger partial charge on any atom is -0.320 e. The Balaban J connectivity index is 1.98. The van der Waals surface area contributed by atoms with Gasteiger partial charge in [0, 0.05) is 30.7 Å². The van der Waals surface area contributed by atoms with Crippen molar-refractivity contribution in [3.63, 3.8) is 0 Å². The number of hydrogen-bond donors (Lipinski definition) is 1. The van der Waals surface area contributed by atoms with Crippen LogP contribution in [-0.4, -0.2) is 10.5 Å². The monoisotopic (exact) mass is 535 g/mol. The van der Waals surface area contributed by atoms with Gasteiger partial charge < -0.3 is 9.88 Å². The molecule has 3 aromatic rings. The Kier molecular flexibility index (Phi) is 6.68. The summed E-state index contributed by atoms with van der Waals surface area (Å²) in [5, 5.41) is 13.4. The van der Waals surface area contributed by atoms with Crippen LogP contribution in [0.4, 0.5) is 5.69 Å². The summed E-state index contributed by atoms with van der Waals surface area (Å²) in [4.78, 5) is 12.6. The molecule has 4 nitrogen and oxygen atoms in total. The third kappa shape index (κ3) is 4.84. The summed E-state index contributed by atoms with van der Waals surface area (Å²) in [5.41, 5.74) is 4.08. The molecular formula is C22H16Cl2IN3O. The van der Waals surface area contributed by atoms with E-state index < -0.39 is 5.91 Å². The minimum atomic E-state index is -0.452. The van der Waals surface area contributed by atoms with Gasteiger partial charge >= 0.3 is 0 Å². The van der Waals surface area contributed by atoms with Crippen molar-refractivity contribution in [3.05, 3.63) is 84.7 Å². The van der Waals surface area contributed by atoms with E-state index in [4.69, 9.17) is 23.2 Å². The lowest BCUT2D eigenvalue weighted by atomic mass is 10.1. The molecule has 3 rings (SSSR count). The number of anilines is 1. The molecular weight excluding hydrogens is 520 g/mol. The number of hydrogen-bond acceptors (Lipinski definition) is 2. The summed E-state index contributed by atoms with van der Waals surface area (Å²) in [7, 11) is 0. The Morgan fingerprint density at radius 3 is 2.41 bits per heavy atom. The van der Waals surface area contributed by atoms with Gasteiger partial charge in [-0.3, -0.25) is 4.79 Å². The Hall–Kier alpha value is -2.27. The summed E-state index contributed by atoms with van der Waals surface area (Å²) in [6.07, 6.45) is 1.59. The first-order valence-electron chi connectivity index (χ1n) is 8.63. The molecule has 1 heterocycles. The van der Waals surface area contributed by atoms with Crippen LogP contribution in [0, 0.1) is 28.7 Å². The molecule has 0 saturated heterocycles. The average molecular weight is 536 g/mol. The molecule has 0 aliphatic rings. The molecule has 1 aromatic heterocycles. The van der Waals surface area contributed by atoms with E-state index in [-0.39, 0.29) is 5.57 Å². The van der Waals surface area contributed by atoms with Crippen molar-refractivity contribution in [1.82, 2.24) is 4.57 Å². The maximum Gasteiger partial charge on any atom is 0.266 e. The molecule has 1 N–H and O–H groups in total. The van der Waals surface area contributed by atoms with Gasteiger partial charge in [-0.25, -0.2) is 0 Å². The molecule has 0 fully saturated rings. The number of carbonyl (C=O) groups excluding carboxylic acids is 1. The Bertz CT molecular complexity index is 1160. The minimum absolute atomic E-state index is 0.0222. The fourth-order valence-corrected chi connectivity index (χ4v) is 4.09. The van der Waals surface area contributed by atoms with Crippen LogP contribution in [0.3, 0.4) is 0 Å². The molecule has 2 aromatic carbocycles. The quantitative estimate of drug-likeness (QED) is 0.234. The van der Waals surface area contributed by atoms with Gasteiger partial charge in [-0.1, -0.05) is 35.3 Å². The predicted octanol–water partition coefficient (Wildman–Crippen LogP) is 6.55. The van der Waals surface area contributed by atoms with E-state index in [1.807, 2.05) is 60.9 Å². The number of carbonyl (C=O) groups is 1. The number of nitrogens with zero attached hydrogens (tertiary/aromatic N) is 2. The zero-order valence-electron chi connectivity index (χ0n) is 15.6. The number of para-hydroxylation sites is 1. The molecule has 146 valence electrons. The van der Waals surface area contributed by atoms with Crippen molar-refractivity contribution < 1.29 is 4.79 Å². The van der Waals surface area contributed by atoms with Crippen LogP contribution in [0.1, 0.15) is 17.0 Å². The molecule has 1 amide bonds. The molecule has 29 heavy (non-hydrogen) atoms. The SMILES string of the molecule is Cc1cc(/C=C(\C#N)C(=O)Nc2ccccc2I)c(C)n1-c1cc(Cl)cc(Cl)c1. The van der Waals surface area contributed by atoms with Crippen LogP contribution in [0.25, 0.3) is 11.8 Å². The number of halogens is 3. The van der Waals surface area contributed by atoms with Gasteiger partial charge in [-0.2, -0.15) is 5.26 Å². The van der Waals surface area contributed by atoms with E-state index in [1.165, 1.54) is 0 Å². The lowest BCUT2D eigenvalue weighted by molar-refractivity contribution is -0.112. The smallest absolute Gasteiger partial charge is 0.266 e. The molecule has 7 heteroatoms. The van der Waals surface area contributed by atoms with Crippen LogP contribution in [-0.2, 0) is 4.79 Å². The maximum absolute atomic E-state index is 12.6. The van der Waals surface area contributed by atoms with Crippen molar-refractivity contribution in [1.29, 1.82) is 5.26 Å². The lowest BCUT2D eigenvalue weighted by Crippen LogP contribution is -2.14. The first-order chi connectivity index (χ1) is 13.8. The molecule has 0 unspecified atom stereocenters. The maximum atomic E-state index is 12.6. The van der Waals surface area contributed by atoms with Gasteiger partial charge in [-0.15, -0.1) is 0 Å². The van der Waals surface area contributed by atoms with E-state index >= 15 is 0 Å². The molecule has 0 radical (unpaired) electrons. The van der Waals surface area contributed by atoms with E-state index in [0.29, 0.717) is 15.7 Å². The summed E-state index contributed by atoms with van der Waals surface area (Å²) >= 11 is 14.4. The second-order valence-electron chi connectivity index (χ2n) is 6.39. The van der Waals surface area contributed by atoms with Crippen LogP contribution in [0.15, 0.2) is 54.1 Å². The number of aromatic nitrogens is 1. The largest absolute Gasteiger partial charge is 0.320 e. The molecule has 0 saturated carbocycles. The van der Waals surface area contributed by atoms with E-state index in [2.05, 4.69) is 27.9 Å². The molecule has 0 bridgehead atoms. The Morgan fingerprint density at radius 1 is 1.14 bits per heavy atom. The van der Waals surface area contributed by atoms with Crippen LogP contribution in [0.5, 0.6) is 0 Å². The average Bonchev–Trinajstić information content (AvgIpc) is 2.94. The lowest BCUT2D eigenvalue weighted by Gasteiger charge is -2.11. The standard InChI is InChI=1S/C22H16Cl2IN3O/c1-13-7-15(14(2)28(13)19-10-17(23)9-18(24)11-19)8-16(12-26)22(29)27-21-6-4-3-5-20(21)25/h3-11H,1-2H3,(H,27,29)/b16-8+. The van der Waals surface area contributed by atoms with Crippen LogP contribution in [0.2, 0.25) is 10.0 Å². The normalized spacial score (nSPS) is 11.2. The first kappa shape index (κ1) is 21.4. The van der Waals surface area contributed by atoms with Crippen LogP contribution >= 0.6 is 45.8 Å². The zero-order valence-corrected chi connectivity index (χ0v) is 19.3. The van der Waals surface area contributed by atoms with Crippen molar-refractivity contribution >= 4 is 63.5 Å². The number of nitriles is 1. The molecule has 0 atom stereocenters. The van der Waals surface area contributed by atoms with Gasteiger partial charge in [-0.05, 0) is 84.5 Å². The third-order valence-electron chi connectivity index (χ3n) is 4.36. The van der Waals surface area contributed by atoms with Gasteiger partial charge in [0.2, 0.25) is 0 Å². The van der Waals surface area contributed by atoms with Gasteiger partial charge in [0.1, 0.15) is 11.6 Å². The second kappa shape index (κ2) is 9.04. The number of amides is 1. The molecule has 0 aliphatic heterocycles. The van der Waals surface area contributed by atoms with E-state index in [9.17, 15) is 10.1 Å². The Morgan fingerprint density at radius 2 is 1.79 bits per heavy atom. The van der Waals surface area contributed by atoms with E-state index in [1.54, 1.807) is 18.2 Å². The summed E-state index contributed by atoms with van der Waals surface area (Å²) < 4.78 is 2.88. The number of nitrogens with one attached hydrogen (secondary N) is 1. The molecule has 0 aliphatic carbocycles. The van der Waals surface area contributed by atoms with Crippen molar-refractivity contribution in [2.45, 2.75) is 13.8 Å². The number of aryl methyl sites for hydroxylation is 1. The number of rotatable bonds is 4. The van der Waals surface area contributed by atoms with Crippen molar-refractivity contribution in [3.8, 4) is 11.8 Å². The summed E-state index contributed by atoms with van der Waals surface area (Å²) in [6.45, 7) is 3.86. The fourth-order valence-electron chi connectivity index (χ4n) is 3.06. The topological polar surface area (TPSA) is 57.8 Å². The van der Waals surface area contributed by atoms with Crippen molar-refractivity contribution in [2.24, 2.45) is 0 Å². The second-order valence-corrected chi connectivity index (χ2v) is 8.43. The fraction of sp³-hybridized carbons (Fsp3) is 0.0909. The molecule has 0 spiro atoms. The summed E-state index contributed by atoms with van der Waals surface area (Å²) in [6, 6.07) is 16.6. The van der Waals surface area contributed by atoms with Gasteiger partial charge in [0.25, 0.3) is 5.91 Å². The highest BCUT2D eigenvalue weighted by atomic mass is 127. The van der Waals surface area contributed by atoms with E-state index in [0.717, 1.165) is 26.2 Å². The predicted molar refractivity (Wildman–Crippen MR) is 127 cm³/mol. The Labute approximate surface area is 192 Å². The van der Waals surface area contributed by atoms with Crippen molar-refractivity contribution in [2.75, 3.05) is 5.32 Å². The third-order valence-corrected chi connectivity index (χ3v) is 5.74. The first-order valence-corrected chi connectivity index (χ1v) is 10.5. The summed E-state index contributed by atoms with van der Waals surface area (Å²) in [5.74, 6) is -0.452. The highest BCUT2D eigenvalue weighted by molar-refractivity contribution is 14.1. The highest BCUT2D eigenvalue weighted by Crippen LogP contribution is 2.27. The zero-order chi connectivity index (χ0) is 21.1. The number of benzene rings is 2. The van der Waals surface area contributed by atoms with Gasteiger partial charge in [0.15, 0.2) is 0 Å². The van der Waals surface area contributed by atoms with Crippen LogP contribution < -0.4 is 5.32 Å². The van der Waals surface area contributed by atoms with Gasteiger partial charge in [0.05, 0.1) is 5.69 Å². The highest BCUT2D eigenvalue weighted by Gasteiger charge is 2.15.